The van der Waals surface area contributed by atoms with Gasteiger partial charge in [-0.1, -0.05) is 18.2 Å². The summed E-state index contributed by atoms with van der Waals surface area (Å²) in [6, 6.07) is 22.5. The number of aromatic amines is 2. The summed E-state index contributed by atoms with van der Waals surface area (Å²) in [4.78, 5) is 79.5. The second kappa shape index (κ2) is 17.1. The van der Waals surface area contributed by atoms with E-state index in [1.807, 2.05) is 71.8 Å². The van der Waals surface area contributed by atoms with Gasteiger partial charge in [0, 0.05) is 70.0 Å². The molecule has 0 atom stereocenters. The zero-order chi connectivity index (χ0) is 43.7. The molecule has 64 heavy (non-hydrogen) atoms. The summed E-state index contributed by atoms with van der Waals surface area (Å²) >= 11 is 0. The molecule has 10 rings (SSSR count). The Morgan fingerprint density at radius 2 is 1.30 bits per heavy atom. The lowest BCUT2D eigenvalue weighted by Gasteiger charge is -2.34. The van der Waals surface area contributed by atoms with Crippen molar-refractivity contribution in [3.8, 4) is 22.8 Å². The molecule has 8 heterocycles. The average Bonchev–Trinajstić information content (AvgIpc) is 4.05. The smallest absolute Gasteiger partial charge is 0.270 e. The highest BCUT2D eigenvalue weighted by atomic mass is 16.2. The van der Waals surface area contributed by atoms with Crippen LogP contribution >= 0.6 is 0 Å². The number of hydrogen-bond acceptors (Lipinski definition) is 11. The molecule has 6 aromatic heterocycles. The predicted molar refractivity (Wildman–Crippen MR) is 243 cm³/mol. The van der Waals surface area contributed by atoms with Gasteiger partial charge in [-0.2, -0.15) is 5.10 Å². The van der Waals surface area contributed by atoms with Crippen LogP contribution in [-0.2, 0) is 6.54 Å². The minimum atomic E-state index is -0.301. The highest BCUT2D eigenvalue weighted by Gasteiger charge is 2.24. The second-order valence-electron chi connectivity index (χ2n) is 16.3. The minimum Gasteiger partial charge on any atom is -0.370 e. The van der Waals surface area contributed by atoms with E-state index >= 15 is 0 Å². The Morgan fingerprint density at radius 1 is 0.672 bits per heavy atom. The quantitative estimate of drug-likeness (QED) is 0.140. The molecule has 2 aromatic carbocycles. The van der Waals surface area contributed by atoms with Gasteiger partial charge in [0.25, 0.3) is 22.9 Å². The number of pyridine rings is 2. The first kappa shape index (κ1) is 40.1. The van der Waals surface area contributed by atoms with Crippen molar-refractivity contribution in [2.24, 2.45) is 0 Å². The van der Waals surface area contributed by atoms with Crippen molar-refractivity contribution in [2.75, 3.05) is 43.0 Å². The first-order valence-electron chi connectivity index (χ1n) is 21.4. The molecular formula is C47H45N13O4. The molecule has 0 bridgehead atoms. The lowest BCUT2D eigenvalue weighted by molar-refractivity contribution is 0.0942. The van der Waals surface area contributed by atoms with Crippen LogP contribution in [-0.4, -0.2) is 89.3 Å². The fourth-order valence-corrected chi connectivity index (χ4v) is 8.72. The van der Waals surface area contributed by atoms with Crippen molar-refractivity contribution >= 4 is 45.0 Å². The maximum Gasteiger partial charge on any atom is 0.270 e. The highest BCUT2D eigenvalue weighted by Crippen LogP contribution is 2.30. The minimum absolute atomic E-state index is 0.175. The van der Waals surface area contributed by atoms with Crippen LogP contribution in [0.3, 0.4) is 0 Å². The molecule has 0 spiro atoms. The zero-order valence-corrected chi connectivity index (χ0v) is 35.1. The molecule has 8 aromatic rings. The van der Waals surface area contributed by atoms with Gasteiger partial charge in [-0.15, -0.1) is 0 Å². The Kier molecular flexibility index (Phi) is 10.7. The third-order valence-corrected chi connectivity index (χ3v) is 12.3. The lowest BCUT2D eigenvalue weighted by atomic mass is 10.0. The van der Waals surface area contributed by atoms with E-state index < -0.39 is 0 Å². The Hall–Kier alpha value is -7.95. The molecule has 17 nitrogen and oxygen atoms in total. The van der Waals surface area contributed by atoms with E-state index in [1.165, 1.54) is 0 Å². The summed E-state index contributed by atoms with van der Waals surface area (Å²) in [6.07, 6.45) is 14.8. The first-order chi connectivity index (χ1) is 31.3. The van der Waals surface area contributed by atoms with E-state index in [4.69, 9.17) is 4.98 Å². The normalized spacial score (nSPS) is 14.9. The van der Waals surface area contributed by atoms with Crippen molar-refractivity contribution in [1.29, 1.82) is 0 Å². The number of amides is 2. The molecule has 0 saturated carbocycles. The average molecular weight is 856 g/mol. The highest BCUT2D eigenvalue weighted by molar-refractivity contribution is 5.93. The zero-order valence-electron chi connectivity index (χ0n) is 35.1. The fourth-order valence-electron chi connectivity index (χ4n) is 8.72. The predicted octanol–water partition coefficient (Wildman–Crippen LogP) is 5.25. The van der Waals surface area contributed by atoms with E-state index in [0.29, 0.717) is 44.8 Å². The molecule has 0 radical (unpaired) electrons. The van der Waals surface area contributed by atoms with Crippen molar-refractivity contribution in [1.82, 2.24) is 54.9 Å². The lowest BCUT2D eigenvalue weighted by Crippen LogP contribution is -2.35. The first-order valence-corrected chi connectivity index (χ1v) is 21.4. The third kappa shape index (κ3) is 8.10. The largest absolute Gasteiger partial charge is 0.370 e. The van der Waals surface area contributed by atoms with Gasteiger partial charge < -0.3 is 35.0 Å². The van der Waals surface area contributed by atoms with Crippen molar-refractivity contribution in [3.63, 3.8) is 0 Å². The molecule has 4 N–H and O–H groups in total. The number of H-pyrrole nitrogens is 2. The maximum absolute atomic E-state index is 13.2. The molecule has 2 aliphatic rings. The summed E-state index contributed by atoms with van der Waals surface area (Å²) in [5.74, 6) is 0.472. The molecule has 2 aliphatic heterocycles. The van der Waals surface area contributed by atoms with Gasteiger partial charge in [-0.25, -0.2) is 19.9 Å². The van der Waals surface area contributed by atoms with E-state index in [9.17, 15) is 19.2 Å². The summed E-state index contributed by atoms with van der Waals surface area (Å²) in [5, 5.41) is 11.2. The van der Waals surface area contributed by atoms with Crippen molar-refractivity contribution < 1.29 is 9.59 Å². The van der Waals surface area contributed by atoms with Crippen LogP contribution in [0.2, 0.25) is 0 Å². The summed E-state index contributed by atoms with van der Waals surface area (Å²) < 4.78 is 4.15. The number of carbonyl (C=O) groups is 2. The van der Waals surface area contributed by atoms with Crippen LogP contribution in [0.25, 0.3) is 44.6 Å². The molecule has 0 unspecified atom stereocenters. The van der Waals surface area contributed by atoms with Crippen LogP contribution < -0.4 is 31.6 Å². The molecule has 2 saturated heterocycles. The van der Waals surface area contributed by atoms with E-state index in [0.717, 1.165) is 79.9 Å². The van der Waals surface area contributed by atoms with Gasteiger partial charge in [-0.3, -0.25) is 23.9 Å². The summed E-state index contributed by atoms with van der Waals surface area (Å²) in [7, 11) is 1.59. The number of fused-ring (bicyclic) bond motifs is 2. The molecule has 17 heteroatoms. The maximum atomic E-state index is 13.2. The van der Waals surface area contributed by atoms with Gasteiger partial charge in [0.05, 0.1) is 63.4 Å². The van der Waals surface area contributed by atoms with Gasteiger partial charge in [0.15, 0.2) is 0 Å². The third-order valence-electron chi connectivity index (χ3n) is 12.3. The number of carbonyl (C=O) groups excluding carboxylic acids is 2. The molecule has 322 valence electrons. The number of anilines is 2. The monoisotopic (exact) mass is 855 g/mol. The van der Waals surface area contributed by atoms with Crippen LogP contribution in [0, 0.1) is 0 Å². The Labute approximate surface area is 366 Å². The summed E-state index contributed by atoms with van der Waals surface area (Å²) in [6.45, 7) is 3.52. The standard InChI is InChI=1S/C47H45N13O4/c1-48-46(63)39-10-7-34(25-49-39)57-18-13-32(14-19-57)59-17-12-30(27-59)42-54-41-22-29(6-9-37(41)45(62)55-42)23-51-47(64)40-11-8-35(26-50-40)58-20-15-33(16-21-58)60-28-31(24-52-60)43-53-38-5-3-2-4-36(38)44(61)56-43/h2-12,17,22,24-28,32-33H,13-16,18-21,23H2,1H3,(H,48,63)(H,51,64)(H,53,56,61)(H,54,55,62). The fraction of sp³-hybridized carbons (Fsp3) is 0.255. The SMILES string of the molecule is CNC(=O)c1ccc(N2CCC(n3ccc(-c4nc5cc(CNC(=O)c6ccc(N7CCC(n8cc(-c9nc%10ccccc%10c(=O)[nH]9)cn8)CC7)cn6)ccc5c(=O)[nH]4)c3)CC2)cn1. The van der Waals surface area contributed by atoms with Crippen LogP contribution in [0.5, 0.6) is 0 Å². The topological polar surface area (TPSA) is 205 Å². The molecule has 2 fully saturated rings. The number of rotatable bonds is 10. The number of para-hydroxylation sites is 1. The van der Waals surface area contributed by atoms with E-state index in [2.05, 4.69) is 55.0 Å². The van der Waals surface area contributed by atoms with Gasteiger partial charge >= 0.3 is 0 Å². The molecule has 0 aliphatic carbocycles. The summed E-state index contributed by atoms with van der Waals surface area (Å²) in [5.41, 5.74) is 5.80. The number of nitrogens with zero attached hydrogens (tertiary/aromatic N) is 9. The molecular weight excluding hydrogens is 811 g/mol. The van der Waals surface area contributed by atoms with Gasteiger partial charge in [-0.05, 0) is 85.8 Å². The van der Waals surface area contributed by atoms with E-state index in [-0.39, 0.29) is 41.6 Å². The van der Waals surface area contributed by atoms with Crippen LogP contribution in [0.4, 0.5) is 11.4 Å². The molecule has 2 amide bonds. The van der Waals surface area contributed by atoms with Crippen LogP contribution in [0.1, 0.15) is 64.3 Å². The van der Waals surface area contributed by atoms with Crippen molar-refractivity contribution in [3.05, 3.63) is 148 Å². The number of piperidine rings is 2. The number of aromatic nitrogens is 9. The van der Waals surface area contributed by atoms with Gasteiger partial charge in [0.2, 0.25) is 0 Å². The number of hydrogen-bond donors (Lipinski definition) is 4. The van der Waals surface area contributed by atoms with E-state index in [1.54, 1.807) is 49.9 Å². The van der Waals surface area contributed by atoms with Gasteiger partial charge in [0.1, 0.15) is 23.0 Å². The number of nitrogens with one attached hydrogen (secondary N) is 4. The Bertz CT molecular complexity index is 3120. The Morgan fingerprint density at radius 3 is 1.97 bits per heavy atom. The van der Waals surface area contributed by atoms with Crippen molar-refractivity contribution in [2.45, 2.75) is 44.3 Å². The second-order valence-corrected chi connectivity index (χ2v) is 16.3. The number of benzene rings is 2. The Balaban J connectivity index is 0.727. The van der Waals surface area contributed by atoms with Crippen LogP contribution in [0.15, 0.2) is 120 Å².